The van der Waals surface area contributed by atoms with E-state index in [1.54, 1.807) is 50.6 Å². The normalized spacial score (nSPS) is 13.0. The van der Waals surface area contributed by atoms with Crippen molar-refractivity contribution < 1.29 is 38.0 Å². The number of aryl methyl sites for hydroxylation is 2. The molecular weight excluding hydrogens is 729 g/mol. The summed E-state index contributed by atoms with van der Waals surface area (Å²) >= 11 is 0. The summed E-state index contributed by atoms with van der Waals surface area (Å²) in [6, 6.07) is 42.2. The van der Waals surface area contributed by atoms with Crippen molar-refractivity contribution in [1.29, 1.82) is 0 Å². The Labute approximate surface area is 341 Å². The topological polar surface area (TPSA) is 89.5 Å². The molecule has 8 nitrogen and oxygen atoms in total. The zero-order chi connectivity index (χ0) is 41.5. The molecule has 0 saturated carbocycles. The Bertz CT molecular complexity index is 2180. The molecule has 58 heavy (non-hydrogen) atoms. The average Bonchev–Trinajstić information content (AvgIpc) is 3.25. The minimum Gasteiger partial charge on any atom is -0.497 e. The van der Waals surface area contributed by atoms with Crippen molar-refractivity contribution in [3.63, 3.8) is 0 Å². The van der Waals surface area contributed by atoms with Crippen molar-refractivity contribution in [2.45, 2.75) is 65.2 Å². The van der Waals surface area contributed by atoms with E-state index in [4.69, 9.17) is 28.4 Å². The fourth-order valence-electron chi connectivity index (χ4n) is 7.15. The molecule has 6 aromatic carbocycles. The van der Waals surface area contributed by atoms with Gasteiger partial charge in [0.2, 0.25) is 0 Å². The minimum atomic E-state index is -0.829. The van der Waals surface area contributed by atoms with Gasteiger partial charge in [0.05, 0.1) is 14.2 Å². The lowest BCUT2D eigenvalue weighted by Gasteiger charge is -2.30. The molecule has 298 valence electrons. The van der Waals surface area contributed by atoms with Crippen LogP contribution in [-0.4, -0.2) is 26.5 Å². The SMILES string of the molecule is CCC(C)(c1ccc(OC)cc1)c1ccc(OC(=O)Oc2ccc(-c3ccc(OC(=O)Oc4ccc(C(C)(CC)c5ccc(OC)cc5)cc4)c(C)c3)cc2C)cc1. The maximum Gasteiger partial charge on any atom is 0.519 e. The number of carbonyl (C=O) groups excluding carboxylic acids is 2. The maximum atomic E-state index is 12.8. The summed E-state index contributed by atoms with van der Waals surface area (Å²) in [5.74, 6) is 3.16. The number of methoxy groups -OCH3 is 2. The van der Waals surface area contributed by atoms with E-state index in [0.717, 1.165) is 57.7 Å². The molecular formula is C50H50O8. The molecule has 0 amide bonds. The van der Waals surface area contributed by atoms with Gasteiger partial charge in [-0.25, -0.2) is 9.59 Å². The molecule has 0 radical (unpaired) electrons. The standard InChI is InChI=1S/C50H50O8/c1-9-49(5,37-13-21-41(53-7)22-14-37)39-17-25-43(26-18-39)55-47(51)57-45-29-11-35(31-33(45)3)36-12-30-46(34(4)32-36)58-48(52)56-44-27-19-40(20-28-44)50(6,10-2)38-15-23-42(54-8)24-16-38/h11-32H,9-10H2,1-8H3. The molecule has 0 aliphatic rings. The predicted octanol–water partition coefficient (Wildman–Crippen LogP) is 12.6. The second-order valence-electron chi connectivity index (χ2n) is 14.7. The molecule has 0 bridgehead atoms. The van der Waals surface area contributed by atoms with Gasteiger partial charge in [0.1, 0.15) is 34.5 Å². The summed E-state index contributed by atoms with van der Waals surface area (Å²) in [6.45, 7) is 12.4. The summed E-state index contributed by atoms with van der Waals surface area (Å²) in [6.07, 6.45) is 0.104. The van der Waals surface area contributed by atoms with Gasteiger partial charge < -0.3 is 28.4 Å². The van der Waals surface area contributed by atoms with Crippen LogP contribution in [0.15, 0.2) is 133 Å². The van der Waals surface area contributed by atoms with E-state index in [1.807, 2.05) is 86.6 Å². The van der Waals surface area contributed by atoms with Gasteiger partial charge in [-0.1, -0.05) is 88.4 Å². The first-order chi connectivity index (χ1) is 27.9. The average molecular weight is 779 g/mol. The van der Waals surface area contributed by atoms with Crippen LogP contribution in [0.2, 0.25) is 0 Å². The molecule has 8 heteroatoms. The van der Waals surface area contributed by atoms with Crippen LogP contribution >= 0.6 is 0 Å². The van der Waals surface area contributed by atoms with Crippen LogP contribution in [0.1, 0.15) is 73.9 Å². The molecule has 6 rings (SSSR count). The summed E-state index contributed by atoms with van der Waals surface area (Å²) in [4.78, 5) is 25.6. The highest BCUT2D eigenvalue weighted by molar-refractivity contribution is 5.72. The van der Waals surface area contributed by atoms with E-state index in [-0.39, 0.29) is 10.8 Å². The first-order valence-corrected chi connectivity index (χ1v) is 19.4. The van der Waals surface area contributed by atoms with Gasteiger partial charge in [0.15, 0.2) is 0 Å². The third-order valence-corrected chi connectivity index (χ3v) is 11.3. The van der Waals surface area contributed by atoms with Crippen LogP contribution < -0.4 is 28.4 Å². The quantitative estimate of drug-likeness (QED) is 0.0846. The van der Waals surface area contributed by atoms with E-state index in [9.17, 15) is 9.59 Å². The zero-order valence-electron chi connectivity index (χ0n) is 34.4. The number of ether oxygens (including phenoxy) is 6. The van der Waals surface area contributed by atoms with Gasteiger partial charge in [-0.15, -0.1) is 0 Å². The first-order valence-electron chi connectivity index (χ1n) is 19.4. The highest BCUT2D eigenvalue weighted by Gasteiger charge is 2.28. The molecule has 0 fully saturated rings. The smallest absolute Gasteiger partial charge is 0.497 e. The lowest BCUT2D eigenvalue weighted by atomic mass is 9.74. The molecule has 0 saturated heterocycles. The van der Waals surface area contributed by atoms with Crippen molar-refractivity contribution in [3.05, 3.63) is 167 Å². The summed E-state index contributed by atoms with van der Waals surface area (Å²) in [7, 11) is 3.31. The lowest BCUT2D eigenvalue weighted by molar-refractivity contribution is 0.150. The van der Waals surface area contributed by atoms with Crippen molar-refractivity contribution in [3.8, 4) is 45.6 Å². The van der Waals surface area contributed by atoms with Crippen LogP contribution in [0.3, 0.4) is 0 Å². The molecule has 0 aliphatic carbocycles. The molecule has 0 N–H and O–H groups in total. The van der Waals surface area contributed by atoms with Crippen LogP contribution in [-0.2, 0) is 10.8 Å². The van der Waals surface area contributed by atoms with E-state index in [1.165, 1.54) is 11.1 Å². The largest absolute Gasteiger partial charge is 0.519 e. The van der Waals surface area contributed by atoms with Crippen molar-refractivity contribution in [2.24, 2.45) is 0 Å². The summed E-state index contributed by atoms with van der Waals surface area (Å²) in [5.41, 5.74) is 7.38. The van der Waals surface area contributed by atoms with E-state index in [0.29, 0.717) is 23.0 Å². The third kappa shape index (κ3) is 9.02. The van der Waals surface area contributed by atoms with Gasteiger partial charge in [0, 0.05) is 10.8 Å². The molecule has 0 heterocycles. The van der Waals surface area contributed by atoms with Crippen molar-refractivity contribution in [2.75, 3.05) is 14.2 Å². The molecule has 2 atom stereocenters. The van der Waals surface area contributed by atoms with Crippen molar-refractivity contribution >= 4 is 12.3 Å². The molecule has 6 aromatic rings. The minimum absolute atomic E-state index is 0.229. The lowest BCUT2D eigenvalue weighted by Crippen LogP contribution is -2.22. The summed E-state index contributed by atoms with van der Waals surface area (Å²) in [5, 5.41) is 0. The fourth-order valence-corrected chi connectivity index (χ4v) is 7.15. The van der Waals surface area contributed by atoms with Crippen LogP contribution in [0.5, 0.6) is 34.5 Å². The Hall–Kier alpha value is -6.54. The first kappa shape index (κ1) is 41.1. The summed E-state index contributed by atoms with van der Waals surface area (Å²) < 4.78 is 32.9. The Morgan fingerprint density at radius 3 is 0.983 bits per heavy atom. The van der Waals surface area contributed by atoms with Crippen LogP contribution in [0, 0.1) is 13.8 Å². The zero-order valence-corrected chi connectivity index (χ0v) is 34.4. The number of hydrogen-bond acceptors (Lipinski definition) is 8. The molecule has 0 spiro atoms. The van der Waals surface area contributed by atoms with E-state index >= 15 is 0 Å². The monoisotopic (exact) mass is 778 g/mol. The Morgan fingerprint density at radius 1 is 0.431 bits per heavy atom. The van der Waals surface area contributed by atoms with E-state index < -0.39 is 12.3 Å². The molecule has 0 aromatic heterocycles. The van der Waals surface area contributed by atoms with Gasteiger partial charge in [-0.2, -0.15) is 0 Å². The van der Waals surface area contributed by atoms with E-state index in [2.05, 4.69) is 52.0 Å². The molecule has 0 aliphatic heterocycles. The van der Waals surface area contributed by atoms with Gasteiger partial charge in [-0.3, -0.25) is 0 Å². The van der Waals surface area contributed by atoms with Gasteiger partial charge in [0.25, 0.3) is 0 Å². The second kappa shape index (κ2) is 17.7. The fraction of sp³-hybridized carbons (Fsp3) is 0.240. The van der Waals surface area contributed by atoms with Gasteiger partial charge >= 0.3 is 12.3 Å². The third-order valence-electron chi connectivity index (χ3n) is 11.3. The highest BCUT2D eigenvalue weighted by atomic mass is 16.7. The number of carbonyl (C=O) groups is 2. The second-order valence-corrected chi connectivity index (χ2v) is 14.7. The van der Waals surface area contributed by atoms with Crippen molar-refractivity contribution in [1.82, 2.24) is 0 Å². The Kier molecular flexibility index (Phi) is 12.6. The predicted molar refractivity (Wildman–Crippen MR) is 227 cm³/mol. The van der Waals surface area contributed by atoms with Crippen LogP contribution in [0.25, 0.3) is 11.1 Å². The van der Waals surface area contributed by atoms with Gasteiger partial charge in [-0.05, 0) is 144 Å². The number of rotatable bonds is 13. The molecule has 2 unspecified atom stereocenters. The van der Waals surface area contributed by atoms with Crippen LogP contribution in [0.4, 0.5) is 9.59 Å². The maximum absolute atomic E-state index is 12.8. The Balaban J connectivity index is 1.04. The highest BCUT2D eigenvalue weighted by Crippen LogP contribution is 2.38. The number of benzene rings is 6. The Morgan fingerprint density at radius 2 is 0.724 bits per heavy atom. The number of hydrogen-bond donors (Lipinski definition) is 0.